The minimum absolute atomic E-state index is 0.0820. The number of nitrogens with zero attached hydrogens (tertiary/aromatic N) is 1. The van der Waals surface area contributed by atoms with Crippen LogP contribution in [0, 0.1) is 6.92 Å². The lowest BCUT2D eigenvalue weighted by Crippen LogP contribution is -2.27. The van der Waals surface area contributed by atoms with E-state index in [1.165, 1.54) is 6.07 Å². The zero-order chi connectivity index (χ0) is 21.3. The number of hydrogen-bond acceptors (Lipinski definition) is 5. The fourth-order valence-corrected chi connectivity index (χ4v) is 3.58. The second kappa shape index (κ2) is 8.02. The Kier molecular flexibility index (Phi) is 5.27. The first kappa shape index (κ1) is 19.7. The van der Waals surface area contributed by atoms with Crippen molar-refractivity contribution in [3.63, 3.8) is 0 Å². The van der Waals surface area contributed by atoms with E-state index in [4.69, 9.17) is 9.15 Å². The SMILES string of the molecule is COc1cc2oc(=O)cc(C)c2cc1CCC(=O)NC(C)c1nc2ccccc2[nH]1. The van der Waals surface area contributed by atoms with Gasteiger partial charge in [0.2, 0.25) is 5.91 Å². The standard InChI is InChI=1S/C23H23N3O4/c1-13-10-22(28)30-20-12-19(29-3)15(11-16(13)20)8-9-21(27)24-14(2)23-25-17-6-4-5-7-18(17)26-23/h4-7,10-12,14H,8-9H2,1-3H3,(H,24,27)(H,25,26). The van der Waals surface area contributed by atoms with Gasteiger partial charge in [-0.3, -0.25) is 4.79 Å². The molecule has 0 bridgehead atoms. The fraction of sp³-hybridized carbons (Fsp3) is 0.261. The minimum Gasteiger partial charge on any atom is -0.496 e. The van der Waals surface area contributed by atoms with Gasteiger partial charge < -0.3 is 19.5 Å². The van der Waals surface area contributed by atoms with Gasteiger partial charge in [-0.1, -0.05) is 12.1 Å². The van der Waals surface area contributed by atoms with Crippen LogP contribution in [-0.2, 0) is 11.2 Å². The molecular formula is C23H23N3O4. The molecule has 0 fully saturated rings. The van der Waals surface area contributed by atoms with E-state index in [0.717, 1.165) is 33.4 Å². The highest BCUT2D eigenvalue weighted by molar-refractivity contribution is 5.83. The number of H-pyrrole nitrogens is 1. The summed E-state index contributed by atoms with van der Waals surface area (Å²) in [6.45, 7) is 3.76. The van der Waals surface area contributed by atoms with Gasteiger partial charge in [0.25, 0.3) is 0 Å². The van der Waals surface area contributed by atoms with Gasteiger partial charge in [0.15, 0.2) is 0 Å². The van der Waals surface area contributed by atoms with Crippen molar-refractivity contribution in [3.8, 4) is 5.75 Å². The summed E-state index contributed by atoms with van der Waals surface area (Å²) in [7, 11) is 1.56. The van der Waals surface area contributed by atoms with E-state index in [1.807, 2.05) is 44.2 Å². The lowest BCUT2D eigenvalue weighted by atomic mass is 10.0. The number of nitrogens with one attached hydrogen (secondary N) is 2. The van der Waals surface area contributed by atoms with Crippen molar-refractivity contribution in [1.29, 1.82) is 0 Å². The second-order valence-corrected chi connectivity index (χ2v) is 7.34. The molecule has 4 rings (SSSR count). The Morgan fingerprint density at radius 3 is 2.83 bits per heavy atom. The van der Waals surface area contributed by atoms with Gasteiger partial charge in [-0.05, 0) is 49.6 Å². The zero-order valence-corrected chi connectivity index (χ0v) is 17.1. The number of para-hydroxylation sites is 2. The maximum absolute atomic E-state index is 12.5. The fourth-order valence-electron chi connectivity index (χ4n) is 3.58. The molecule has 0 spiro atoms. The first-order valence-corrected chi connectivity index (χ1v) is 9.80. The predicted octanol–water partition coefficient (Wildman–Crippen LogP) is 3.80. The van der Waals surface area contributed by atoms with E-state index < -0.39 is 5.63 Å². The Balaban J connectivity index is 1.47. The van der Waals surface area contributed by atoms with Crippen LogP contribution in [0.5, 0.6) is 5.75 Å². The van der Waals surface area contributed by atoms with Crippen LogP contribution in [0.1, 0.15) is 36.3 Å². The molecule has 2 N–H and O–H groups in total. The van der Waals surface area contributed by atoms with Gasteiger partial charge in [0.1, 0.15) is 17.2 Å². The Labute approximate surface area is 173 Å². The van der Waals surface area contributed by atoms with Crippen LogP contribution < -0.4 is 15.7 Å². The number of aromatic nitrogens is 2. The molecule has 2 aromatic heterocycles. The topological polar surface area (TPSA) is 97.2 Å². The molecule has 1 unspecified atom stereocenters. The Bertz CT molecular complexity index is 1260. The van der Waals surface area contributed by atoms with Gasteiger partial charge in [0.05, 0.1) is 24.2 Å². The van der Waals surface area contributed by atoms with E-state index >= 15 is 0 Å². The molecule has 1 amide bonds. The van der Waals surface area contributed by atoms with Crippen molar-refractivity contribution >= 4 is 27.9 Å². The van der Waals surface area contributed by atoms with E-state index in [2.05, 4.69) is 15.3 Å². The van der Waals surface area contributed by atoms with E-state index in [1.54, 1.807) is 13.2 Å². The van der Waals surface area contributed by atoms with Crippen molar-refractivity contribution in [2.24, 2.45) is 0 Å². The highest BCUT2D eigenvalue weighted by Gasteiger charge is 2.15. The monoisotopic (exact) mass is 405 g/mol. The lowest BCUT2D eigenvalue weighted by molar-refractivity contribution is -0.121. The normalized spacial score (nSPS) is 12.2. The Hall–Kier alpha value is -3.61. The summed E-state index contributed by atoms with van der Waals surface area (Å²) in [5.41, 5.74) is 3.60. The van der Waals surface area contributed by atoms with Crippen LogP contribution in [0.25, 0.3) is 22.0 Å². The maximum Gasteiger partial charge on any atom is 0.336 e. The largest absolute Gasteiger partial charge is 0.496 e. The number of rotatable bonds is 6. The first-order chi connectivity index (χ1) is 14.4. The van der Waals surface area contributed by atoms with Gasteiger partial charge in [-0.25, -0.2) is 9.78 Å². The summed E-state index contributed by atoms with van der Waals surface area (Å²) < 4.78 is 10.7. The number of aromatic amines is 1. The number of methoxy groups -OCH3 is 1. The van der Waals surface area contributed by atoms with E-state index in [9.17, 15) is 9.59 Å². The third kappa shape index (κ3) is 3.91. The molecule has 0 aliphatic heterocycles. The molecular weight excluding hydrogens is 382 g/mol. The number of amides is 1. The molecule has 0 aliphatic rings. The third-order valence-electron chi connectivity index (χ3n) is 5.17. The van der Waals surface area contributed by atoms with E-state index in [-0.39, 0.29) is 11.9 Å². The van der Waals surface area contributed by atoms with Crippen LogP contribution in [0.3, 0.4) is 0 Å². The summed E-state index contributed by atoms with van der Waals surface area (Å²) in [6, 6.07) is 12.6. The minimum atomic E-state index is -0.395. The van der Waals surface area contributed by atoms with Gasteiger partial charge in [-0.15, -0.1) is 0 Å². The van der Waals surface area contributed by atoms with Crippen molar-refractivity contribution in [1.82, 2.24) is 15.3 Å². The number of carbonyl (C=O) groups is 1. The third-order valence-corrected chi connectivity index (χ3v) is 5.17. The first-order valence-electron chi connectivity index (χ1n) is 9.80. The molecule has 0 radical (unpaired) electrons. The number of ether oxygens (including phenoxy) is 1. The predicted molar refractivity (Wildman–Crippen MR) is 115 cm³/mol. The number of fused-ring (bicyclic) bond motifs is 2. The Morgan fingerprint density at radius 1 is 1.27 bits per heavy atom. The summed E-state index contributed by atoms with van der Waals surface area (Å²) in [4.78, 5) is 31.9. The zero-order valence-electron chi connectivity index (χ0n) is 17.1. The summed E-state index contributed by atoms with van der Waals surface area (Å²) in [5, 5.41) is 3.82. The average molecular weight is 405 g/mol. The summed E-state index contributed by atoms with van der Waals surface area (Å²) >= 11 is 0. The average Bonchev–Trinajstić information content (AvgIpc) is 3.16. The van der Waals surface area contributed by atoms with Gasteiger partial charge >= 0.3 is 5.63 Å². The maximum atomic E-state index is 12.5. The van der Waals surface area contributed by atoms with Crippen molar-refractivity contribution in [3.05, 3.63) is 69.8 Å². The molecule has 7 nitrogen and oxygen atoms in total. The van der Waals surface area contributed by atoms with Gasteiger partial charge in [0, 0.05) is 23.9 Å². The number of aryl methyl sites for hydroxylation is 2. The van der Waals surface area contributed by atoms with Crippen LogP contribution in [-0.4, -0.2) is 23.0 Å². The van der Waals surface area contributed by atoms with E-state index in [0.29, 0.717) is 24.2 Å². The van der Waals surface area contributed by atoms with Crippen LogP contribution in [0.2, 0.25) is 0 Å². The second-order valence-electron chi connectivity index (χ2n) is 7.34. The summed E-state index contributed by atoms with van der Waals surface area (Å²) in [5.74, 6) is 1.23. The van der Waals surface area contributed by atoms with Crippen LogP contribution >= 0.6 is 0 Å². The van der Waals surface area contributed by atoms with Crippen LogP contribution in [0.4, 0.5) is 0 Å². The van der Waals surface area contributed by atoms with Crippen LogP contribution in [0.15, 0.2) is 51.7 Å². The molecule has 30 heavy (non-hydrogen) atoms. The number of benzene rings is 2. The molecule has 154 valence electrons. The molecule has 1 atom stereocenters. The summed E-state index contributed by atoms with van der Waals surface area (Å²) in [6.07, 6.45) is 0.790. The number of imidazole rings is 1. The molecule has 7 heteroatoms. The molecule has 0 saturated heterocycles. The number of hydrogen-bond donors (Lipinski definition) is 2. The molecule has 0 saturated carbocycles. The quantitative estimate of drug-likeness (QED) is 0.476. The lowest BCUT2D eigenvalue weighted by Gasteiger charge is -2.13. The Morgan fingerprint density at radius 2 is 2.07 bits per heavy atom. The molecule has 0 aliphatic carbocycles. The van der Waals surface area contributed by atoms with Gasteiger partial charge in [-0.2, -0.15) is 0 Å². The smallest absolute Gasteiger partial charge is 0.336 e. The molecule has 4 aromatic rings. The number of carbonyl (C=O) groups excluding carboxylic acids is 1. The van der Waals surface area contributed by atoms with Crippen molar-refractivity contribution < 1.29 is 13.9 Å². The molecule has 2 aromatic carbocycles. The highest BCUT2D eigenvalue weighted by Crippen LogP contribution is 2.28. The van der Waals surface area contributed by atoms with Crippen molar-refractivity contribution in [2.45, 2.75) is 32.7 Å². The highest BCUT2D eigenvalue weighted by atomic mass is 16.5. The van der Waals surface area contributed by atoms with Crippen molar-refractivity contribution in [2.75, 3.05) is 7.11 Å². The molecule has 2 heterocycles.